The summed E-state index contributed by atoms with van der Waals surface area (Å²) in [6.07, 6.45) is 16.2. The molecule has 7 rings (SSSR count). The van der Waals surface area contributed by atoms with E-state index in [0.717, 1.165) is 53.9 Å². The lowest BCUT2D eigenvalue weighted by molar-refractivity contribution is -0.0452. The van der Waals surface area contributed by atoms with Crippen molar-refractivity contribution in [2.75, 3.05) is 0 Å². The normalized spacial score (nSPS) is 33.1. The number of hydrogen-bond donors (Lipinski definition) is 0. The van der Waals surface area contributed by atoms with Crippen molar-refractivity contribution in [2.24, 2.45) is 46.3 Å². The van der Waals surface area contributed by atoms with Crippen molar-refractivity contribution in [2.45, 2.75) is 98.8 Å². The third-order valence-electron chi connectivity index (χ3n) is 12.9. The number of allylic oxidation sites excluding steroid dienone is 2. The van der Waals surface area contributed by atoms with Gasteiger partial charge in [-0.25, -0.2) is 0 Å². The Morgan fingerprint density at radius 3 is 2.46 bits per heavy atom. The highest BCUT2D eigenvalue weighted by molar-refractivity contribution is 5.97. The molecule has 0 saturated heterocycles. The second-order valence-corrected chi connectivity index (χ2v) is 15.4. The molecule has 0 N–H and O–H groups in total. The molecule has 2 aromatic carbocycles. The molecule has 216 valence electrons. The van der Waals surface area contributed by atoms with Crippen molar-refractivity contribution in [1.82, 2.24) is 4.98 Å². The Morgan fingerprint density at radius 1 is 0.878 bits per heavy atom. The van der Waals surface area contributed by atoms with Gasteiger partial charge in [-0.1, -0.05) is 114 Å². The summed E-state index contributed by atoms with van der Waals surface area (Å²) in [5, 5.41) is 1.32. The zero-order valence-corrected chi connectivity index (χ0v) is 26.3. The molecule has 1 heterocycles. The SMILES string of the molecule is CC(C)CCC[C@@H](C)[C@H]1CC[C@H]2[C@@H]3CC=C4Cc5nc6ccccc6c(-c6ccccc6)c5C[C@]4(C)[C@H]3CC[C@]12C. The highest BCUT2D eigenvalue weighted by Crippen LogP contribution is 2.67. The molecular weight excluding hydrogens is 494 g/mol. The Labute approximate surface area is 249 Å². The number of fused-ring (bicyclic) bond motifs is 7. The fourth-order valence-corrected chi connectivity index (χ4v) is 10.8. The Hall–Kier alpha value is -2.41. The average molecular weight is 546 g/mol. The molecule has 41 heavy (non-hydrogen) atoms. The molecule has 1 heteroatoms. The second kappa shape index (κ2) is 10.4. The van der Waals surface area contributed by atoms with E-state index in [0.29, 0.717) is 5.41 Å². The molecule has 3 aromatic rings. The molecule has 0 unspecified atom stereocenters. The molecule has 2 fully saturated rings. The van der Waals surface area contributed by atoms with Crippen LogP contribution in [0.15, 0.2) is 66.2 Å². The van der Waals surface area contributed by atoms with Gasteiger partial charge in [0.05, 0.1) is 5.52 Å². The largest absolute Gasteiger partial charge is 0.252 e. The van der Waals surface area contributed by atoms with E-state index in [9.17, 15) is 0 Å². The van der Waals surface area contributed by atoms with Crippen LogP contribution in [0.1, 0.15) is 97.2 Å². The minimum atomic E-state index is 0.256. The molecule has 0 aliphatic heterocycles. The van der Waals surface area contributed by atoms with Crippen LogP contribution in [0.4, 0.5) is 0 Å². The van der Waals surface area contributed by atoms with Crippen molar-refractivity contribution in [3.63, 3.8) is 0 Å². The molecule has 0 bridgehead atoms. The first-order valence-corrected chi connectivity index (χ1v) is 16.9. The Balaban J connectivity index is 1.22. The molecule has 7 atom stereocenters. The predicted octanol–water partition coefficient (Wildman–Crippen LogP) is 10.9. The third kappa shape index (κ3) is 4.44. The van der Waals surface area contributed by atoms with E-state index >= 15 is 0 Å². The van der Waals surface area contributed by atoms with Crippen LogP contribution in [0.2, 0.25) is 0 Å². The predicted molar refractivity (Wildman–Crippen MR) is 174 cm³/mol. The molecule has 4 aliphatic carbocycles. The summed E-state index contributed by atoms with van der Waals surface area (Å²) in [7, 11) is 0. The van der Waals surface area contributed by atoms with Gasteiger partial charge in [0.25, 0.3) is 0 Å². The highest BCUT2D eigenvalue weighted by atomic mass is 14.7. The maximum Gasteiger partial charge on any atom is 0.0711 e. The smallest absolute Gasteiger partial charge is 0.0711 e. The lowest BCUT2D eigenvalue weighted by Crippen LogP contribution is -2.51. The van der Waals surface area contributed by atoms with E-state index in [1.54, 1.807) is 5.57 Å². The van der Waals surface area contributed by atoms with E-state index in [1.807, 2.05) is 0 Å². The Morgan fingerprint density at radius 2 is 1.66 bits per heavy atom. The summed E-state index contributed by atoms with van der Waals surface area (Å²) in [6, 6.07) is 20.0. The average Bonchev–Trinajstić information content (AvgIpc) is 3.32. The number of benzene rings is 2. The zero-order chi connectivity index (χ0) is 28.4. The van der Waals surface area contributed by atoms with Crippen LogP contribution in [-0.2, 0) is 12.8 Å². The standard InChI is InChI=1S/C40H51N/c1-26(2)12-11-13-27(3)33-20-21-34-30-19-18-29-24-37-32(25-40(29,5)35(30)22-23-39(33,34)4)38(28-14-7-6-8-15-28)31-16-9-10-17-36(31)41-37/h6-10,14-18,26-27,30,33-35H,11-13,19-25H2,1-5H3/t27-,30+,33-,34+,35+,39-,40+/m1/s1. The molecule has 2 saturated carbocycles. The molecule has 0 spiro atoms. The van der Waals surface area contributed by atoms with Gasteiger partial charge in [-0.05, 0) is 108 Å². The summed E-state index contributed by atoms with van der Waals surface area (Å²) < 4.78 is 0. The van der Waals surface area contributed by atoms with Crippen LogP contribution in [0.25, 0.3) is 22.0 Å². The summed E-state index contributed by atoms with van der Waals surface area (Å²) >= 11 is 0. The first-order chi connectivity index (χ1) is 19.8. The molecule has 1 aromatic heterocycles. The number of nitrogens with zero attached hydrogens (tertiary/aromatic N) is 1. The lowest BCUT2D eigenvalue weighted by Gasteiger charge is -2.58. The van der Waals surface area contributed by atoms with Crippen molar-refractivity contribution >= 4 is 10.9 Å². The van der Waals surface area contributed by atoms with Crippen LogP contribution in [0.3, 0.4) is 0 Å². The van der Waals surface area contributed by atoms with Crippen LogP contribution >= 0.6 is 0 Å². The van der Waals surface area contributed by atoms with Gasteiger partial charge >= 0.3 is 0 Å². The lowest BCUT2D eigenvalue weighted by atomic mass is 9.46. The van der Waals surface area contributed by atoms with Gasteiger partial charge in [-0.15, -0.1) is 0 Å². The monoisotopic (exact) mass is 545 g/mol. The highest BCUT2D eigenvalue weighted by Gasteiger charge is 2.59. The first kappa shape index (κ1) is 27.4. The first-order valence-electron chi connectivity index (χ1n) is 16.9. The van der Waals surface area contributed by atoms with Gasteiger partial charge in [0.15, 0.2) is 0 Å². The quantitative estimate of drug-likeness (QED) is 0.281. The topological polar surface area (TPSA) is 12.9 Å². The van der Waals surface area contributed by atoms with Crippen molar-refractivity contribution in [3.8, 4) is 11.1 Å². The number of aromatic nitrogens is 1. The second-order valence-electron chi connectivity index (χ2n) is 15.4. The third-order valence-corrected chi connectivity index (χ3v) is 12.9. The summed E-state index contributed by atoms with van der Waals surface area (Å²) in [6.45, 7) is 12.8. The van der Waals surface area contributed by atoms with E-state index in [1.165, 1.54) is 79.1 Å². The minimum absolute atomic E-state index is 0.256. The maximum atomic E-state index is 5.32. The van der Waals surface area contributed by atoms with Crippen LogP contribution in [0, 0.1) is 46.3 Å². The summed E-state index contributed by atoms with van der Waals surface area (Å²) in [4.78, 5) is 5.32. The number of pyridine rings is 1. The molecule has 1 nitrogen and oxygen atoms in total. The van der Waals surface area contributed by atoms with Crippen LogP contribution < -0.4 is 0 Å². The van der Waals surface area contributed by atoms with Crippen LogP contribution in [0.5, 0.6) is 0 Å². The fraction of sp³-hybridized carbons (Fsp3) is 0.575. The maximum absolute atomic E-state index is 5.32. The van der Waals surface area contributed by atoms with Gasteiger partial charge in [0.2, 0.25) is 0 Å². The summed E-state index contributed by atoms with van der Waals surface area (Å²) in [5.74, 6) is 5.19. The number of para-hydroxylation sites is 1. The van der Waals surface area contributed by atoms with Crippen molar-refractivity contribution in [1.29, 1.82) is 0 Å². The van der Waals surface area contributed by atoms with Gasteiger partial charge in [-0.3, -0.25) is 4.98 Å². The number of rotatable bonds is 6. The van der Waals surface area contributed by atoms with E-state index in [4.69, 9.17) is 4.98 Å². The van der Waals surface area contributed by atoms with Crippen molar-refractivity contribution < 1.29 is 0 Å². The Kier molecular flexibility index (Phi) is 6.95. The van der Waals surface area contributed by atoms with Crippen molar-refractivity contribution in [3.05, 3.63) is 77.5 Å². The van der Waals surface area contributed by atoms with Crippen LogP contribution in [-0.4, -0.2) is 4.98 Å². The van der Waals surface area contributed by atoms with Gasteiger partial charge in [0.1, 0.15) is 0 Å². The molecule has 0 radical (unpaired) electrons. The molecule has 4 aliphatic rings. The van der Waals surface area contributed by atoms with E-state index in [2.05, 4.69) is 95.3 Å². The van der Waals surface area contributed by atoms with E-state index < -0.39 is 0 Å². The molecular formula is C40H51N. The molecule has 0 amide bonds. The van der Waals surface area contributed by atoms with Gasteiger partial charge < -0.3 is 0 Å². The Bertz CT molecular complexity index is 1450. The summed E-state index contributed by atoms with van der Waals surface area (Å²) in [5.41, 5.74) is 9.32. The van der Waals surface area contributed by atoms with Gasteiger partial charge in [0, 0.05) is 17.5 Å². The minimum Gasteiger partial charge on any atom is -0.252 e. The number of hydrogen-bond acceptors (Lipinski definition) is 1. The fourth-order valence-electron chi connectivity index (χ4n) is 10.8. The zero-order valence-electron chi connectivity index (χ0n) is 26.3. The van der Waals surface area contributed by atoms with Gasteiger partial charge in [-0.2, -0.15) is 0 Å². The van der Waals surface area contributed by atoms with E-state index in [-0.39, 0.29) is 5.41 Å².